The largest absolute Gasteiger partial charge is 0.383 e. The Morgan fingerprint density at radius 3 is 2.92 bits per heavy atom. The van der Waals surface area contributed by atoms with Crippen LogP contribution < -0.4 is 21.7 Å². The lowest BCUT2D eigenvalue weighted by molar-refractivity contribution is 0.103. The van der Waals surface area contributed by atoms with E-state index in [1.165, 1.54) is 6.07 Å². The quantitative estimate of drug-likeness (QED) is 0.696. The van der Waals surface area contributed by atoms with Gasteiger partial charge < -0.3 is 21.7 Å². The van der Waals surface area contributed by atoms with E-state index in [4.69, 9.17) is 5.73 Å². The molecule has 5 nitrogen and oxygen atoms in total. The molecule has 122 valence electrons. The van der Waals surface area contributed by atoms with Crippen LogP contribution in [-0.2, 0) is 0 Å². The number of carbonyl (C=O) groups is 1. The predicted molar refractivity (Wildman–Crippen MR) is 94.5 cm³/mol. The van der Waals surface area contributed by atoms with E-state index in [0.717, 1.165) is 11.3 Å². The Balaban J connectivity index is 2.04. The molecule has 0 aromatic heterocycles. The van der Waals surface area contributed by atoms with Crippen LogP contribution in [0.4, 0.5) is 15.8 Å². The Hall–Kier alpha value is -2.86. The Morgan fingerprint density at radius 1 is 1.29 bits per heavy atom. The van der Waals surface area contributed by atoms with Crippen molar-refractivity contribution in [1.82, 2.24) is 5.32 Å². The number of halogens is 1. The van der Waals surface area contributed by atoms with Gasteiger partial charge in [-0.05, 0) is 24.3 Å². The van der Waals surface area contributed by atoms with Gasteiger partial charge in [-0.1, -0.05) is 12.2 Å². The monoisotopic (exact) mass is 324 g/mol. The molecule has 5 N–H and O–H groups in total. The van der Waals surface area contributed by atoms with Gasteiger partial charge >= 0.3 is 0 Å². The Morgan fingerprint density at radius 2 is 2.17 bits per heavy atom. The molecule has 0 spiro atoms. The number of carbonyl (C=O) groups excluding carboxylic acids is 1. The molecule has 0 atom stereocenters. The first-order chi connectivity index (χ1) is 11.7. The first kappa shape index (κ1) is 14.7. The third-order valence-electron chi connectivity index (χ3n) is 4.27. The zero-order valence-electron chi connectivity index (χ0n) is 12.9. The molecule has 0 aliphatic carbocycles. The number of allylic oxidation sites excluding steroid dienone is 2. The highest BCUT2D eigenvalue weighted by Gasteiger charge is 2.29. The lowest BCUT2D eigenvalue weighted by atomic mass is 9.95. The SMILES string of the molecule is NCCNc1cc(C2=CC=CCN2)c2c3c(ccc(F)c13)NC2=O. The number of nitrogens with one attached hydrogen (secondary N) is 3. The summed E-state index contributed by atoms with van der Waals surface area (Å²) in [5.41, 5.74) is 8.96. The van der Waals surface area contributed by atoms with Crippen LogP contribution in [0.5, 0.6) is 0 Å². The van der Waals surface area contributed by atoms with Crippen LogP contribution in [0.3, 0.4) is 0 Å². The molecular weight excluding hydrogens is 307 g/mol. The summed E-state index contributed by atoms with van der Waals surface area (Å²) in [7, 11) is 0. The van der Waals surface area contributed by atoms with Gasteiger partial charge in [-0.15, -0.1) is 0 Å². The van der Waals surface area contributed by atoms with E-state index in [9.17, 15) is 9.18 Å². The van der Waals surface area contributed by atoms with Crippen molar-refractivity contribution in [3.8, 4) is 0 Å². The number of dihydropyridines is 1. The van der Waals surface area contributed by atoms with Crippen molar-refractivity contribution in [2.24, 2.45) is 5.73 Å². The molecule has 2 heterocycles. The molecule has 2 aromatic rings. The van der Waals surface area contributed by atoms with Crippen molar-refractivity contribution in [2.45, 2.75) is 0 Å². The van der Waals surface area contributed by atoms with E-state index in [2.05, 4.69) is 16.0 Å². The average Bonchev–Trinajstić information content (AvgIpc) is 2.94. The minimum Gasteiger partial charge on any atom is -0.383 e. The number of rotatable bonds is 4. The fourth-order valence-electron chi connectivity index (χ4n) is 3.25. The lowest BCUT2D eigenvalue weighted by Gasteiger charge is -2.18. The van der Waals surface area contributed by atoms with Crippen LogP contribution in [0.1, 0.15) is 15.9 Å². The maximum atomic E-state index is 14.5. The third-order valence-corrected chi connectivity index (χ3v) is 4.27. The first-order valence-electron chi connectivity index (χ1n) is 7.86. The molecule has 0 fully saturated rings. The molecule has 0 unspecified atom stereocenters. The Kier molecular flexibility index (Phi) is 3.46. The maximum absolute atomic E-state index is 14.5. The van der Waals surface area contributed by atoms with E-state index in [1.54, 1.807) is 6.07 Å². The first-order valence-corrected chi connectivity index (χ1v) is 7.86. The summed E-state index contributed by atoms with van der Waals surface area (Å²) in [4.78, 5) is 12.5. The van der Waals surface area contributed by atoms with Crippen LogP contribution in [0.2, 0.25) is 0 Å². The van der Waals surface area contributed by atoms with Crippen molar-refractivity contribution in [1.29, 1.82) is 0 Å². The second kappa shape index (κ2) is 5.65. The number of anilines is 2. The Labute approximate surface area is 138 Å². The third kappa shape index (κ3) is 2.15. The van der Waals surface area contributed by atoms with Crippen molar-refractivity contribution in [2.75, 3.05) is 30.3 Å². The molecule has 0 saturated carbocycles. The van der Waals surface area contributed by atoms with Crippen LogP contribution in [0.25, 0.3) is 16.5 Å². The number of hydrogen-bond donors (Lipinski definition) is 4. The predicted octanol–water partition coefficient (Wildman–Crippen LogP) is 2.42. The van der Waals surface area contributed by atoms with Gasteiger partial charge in [-0.2, -0.15) is 0 Å². The number of nitrogens with two attached hydrogens (primary N) is 1. The number of benzene rings is 2. The topological polar surface area (TPSA) is 79.2 Å². The van der Waals surface area contributed by atoms with E-state index in [-0.39, 0.29) is 11.7 Å². The molecular formula is C18H17FN4O. The average molecular weight is 324 g/mol. The molecule has 6 heteroatoms. The summed E-state index contributed by atoms with van der Waals surface area (Å²) in [6, 6.07) is 4.80. The fraction of sp³-hybridized carbons (Fsp3) is 0.167. The van der Waals surface area contributed by atoms with Crippen LogP contribution in [-0.4, -0.2) is 25.5 Å². The van der Waals surface area contributed by atoms with Gasteiger partial charge in [-0.3, -0.25) is 4.79 Å². The zero-order chi connectivity index (χ0) is 16.7. The smallest absolute Gasteiger partial charge is 0.257 e. The second-order valence-corrected chi connectivity index (χ2v) is 5.75. The summed E-state index contributed by atoms with van der Waals surface area (Å²) < 4.78 is 14.5. The molecule has 0 saturated heterocycles. The van der Waals surface area contributed by atoms with Gasteiger partial charge in [0.15, 0.2) is 0 Å². The summed E-state index contributed by atoms with van der Waals surface area (Å²) in [5.74, 6) is -0.568. The fourth-order valence-corrected chi connectivity index (χ4v) is 3.25. The van der Waals surface area contributed by atoms with Gasteiger partial charge in [0.05, 0.1) is 5.56 Å². The zero-order valence-corrected chi connectivity index (χ0v) is 12.9. The normalized spacial score (nSPS) is 15.2. The van der Waals surface area contributed by atoms with Crippen LogP contribution >= 0.6 is 0 Å². The summed E-state index contributed by atoms with van der Waals surface area (Å²) >= 11 is 0. The molecule has 2 aliphatic heterocycles. The molecule has 2 aromatic carbocycles. The molecule has 0 bridgehead atoms. The molecule has 4 rings (SSSR count). The van der Waals surface area contributed by atoms with Crippen molar-refractivity contribution >= 4 is 33.8 Å². The van der Waals surface area contributed by atoms with E-state index in [0.29, 0.717) is 47.3 Å². The molecule has 1 amide bonds. The van der Waals surface area contributed by atoms with Crippen molar-refractivity contribution < 1.29 is 9.18 Å². The van der Waals surface area contributed by atoms with Gasteiger partial charge in [0, 0.05) is 53.0 Å². The number of hydrogen-bond acceptors (Lipinski definition) is 4. The highest BCUT2D eigenvalue weighted by atomic mass is 19.1. The highest BCUT2D eigenvalue weighted by molar-refractivity contribution is 6.27. The Bertz CT molecular complexity index is 917. The maximum Gasteiger partial charge on any atom is 0.257 e. The van der Waals surface area contributed by atoms with Gasteiger partial charge in [0.2, 0.25) is 0 Å². The summed E-state index contributed by atoms with van der Waals surface area (Å²) in [6.07, 6.45) is 5.84. The number of amides is 1. The summed E-state index contributed by atoms with van der Waals surface area (Å²) in [6.45, 7) is 1.64. The minimum absolute atomic E-state index is 0.210. The van der Waals surface area contributed by atoms with Gasteiger partial charge in [0.25, 0.3) is 5.91 Å². The standard InChI is InChI=1S/C18H17FN4O/c19-11-4-5-13-17-15(18(24)23-13)10(12-3-1-2-7-21-12)9-14(16(11)17)22-8-6-20/h1-5,9,21-22H,6-8,20H2,(H,23,24). The van der Waals surface area contributed by atoms with Crippen LogP contribution in [0.15, 0.2) is 36.4 Å². The molecule has 0 radical (unpaired) electrons. The summed E-state index contributed by atoms with van der Waals surface area (Å²) in [5, 5.41) is 10.3. The van der Waals surface area contributed by atoms with Crippen molar-refractivity contribution in [3.05, 3.63) is 53.4 Å². The highest BCUT2D eigenvalue weighted by Crippen LogP contribution is 2.42. The van der Waals surface area contributed by atoms with Crippen LogP contribution in [0, 0.1) is 5.82 Å². The second-order valence-electron chi connectivity index (χ2n) is 5.75. The molecule has 2 aliphatic rings. The van der Waals surface area contributed by atoms with E-state index < -0.39 is 0 Å². The van der Waals surface area contributed by atoms with E-state index >= 15 is 0 Å². The van der Waals surface area contributed by atoms with Gasteiger partial charge in [0.1, 0.15) is 5.82 Å². The molecule has 24 heavy (non-hydrogen) atoms. The lowest BCUT2D eigenvalue weighted by Crippen LogP contribution is -2.18. The minimum atomic E-state index is -0.358. The van der Waals surface area contributed by atoms with Crippen molar-refractivity contribution in [3.63, 3.8) is 0 Å². The van der Waals surface area contributed by atoms with Gasteiger partial charge in [-0.25, -0.2) is 4.39 Å². The van der Waals surface area contributed by atoms with E-state index in [1.807, 2.05) is 24.3 Å².